The third kappa shape index (κ3) is 3.26. The highest BCUT2D eigenvalue weighted by atomic mass is 32.2. The van der Waals surface area contributed by atoms with Crippen molar-refractivity contribution in [2.75, 3.05) is 5.75 Å². The number of carboxylic acids is 1. The van der Waals surface area contributed by atoms with Gasteiger partial charge in [-0.3, -0.25) is 14.5 Å². The molecule has 2 aliphatic rings. The Bertz CT molecular complexity index is 960. The van der Waals surface area contributed by atoms with E-state index in [0.29, 0.717) is 11.3 Å². The molecule has 1 aromatic rings. The number of nitrogens with zero attached hydrogens (tertiary/aromatic N) is 1. The standard InChI is InChI=1S/C16H17N3O4S.H2O/c1-8-7-24-15-11(14(21)19(15)12(8)16(22)23)18-13(20)10(17)9-5-3-2-4-6-9;/h2-6,10-11,15H,7,17H2,1H3,(H,18,20)(H,22,23);1H2/t10-,11-,15-;/m1./s1/i2D,3D,4D,5D,6D;. The quantitative estimate of drug-likeness (QED) is 0.616. The molecule has 0 aromatic heterocycles. The second kappa shape index (κ2) is 7.26. The lowest BCUT2D eigenvalue weighted by Gasteiger charge is -2.49. The van der Waals surface area contributed by atoms with Gasteiger partial charge in [0.2, 0.25) is 5.91 Å². The van der Waals surface area contributed by atoms with Crippen molar-refractivity contribution in [3.05, 3.63) is 47.0 Å². The van der Waals surface area contributed by atoms with Crippen LogP contribution in [0.1, 0.15) is 25.4 Å². The molecule has 9 heteroatoms. The first-order valence-electron chi connectivity index (χ1n) is 9.49. The van der Waals surface area contributed by atoms with Crippen molar-refractivity contribution in [3.63, 3.8) is 0 Å². The van der Waals surface area contributed by atoms with Gasteiger partial charge in [-0.05, 0) is 18.1 Å². The van der Waals surface area contributed by atoms with Crippen LogP contribution in [0.25, 0.3) is 0 Å². The largest absolute Gasteiger partial charge is 0.477 e. The summed E-state index contributed by atoms with van der Waals surface area (Å²) in [4.78, 5) is 37.5. The predicted molar refractivity (Wildman–Crippen MR) is 92.3 cm³/mol. The van der Waals surface area contributed by atoms with Gasteiger partial charge in [-0.15, -0.1) is 11.8 Å². The number of nitrogens with one attached hydrogen (secondary N) is 1. The summed E-state index contributed by atoms with van der Waals surface area (Å²) in [7, 11) is 0. The molecule has 3 rings (SSSR count). The summed E-state index contributed by atoms with van der Waals surface area (Å²) in [5.74, 6) is -2.37. The van der Waals surface area contributed by atoms with Crippen molar-refractivity contribution in [2.24, 2.45) is 5.73 Å². The van der Waals surface area contributed by atoms with Crippen molar-refractivity contribution in [1.82, 2.24) is 10.2 Å². The Hall–Kier alpha value is -2.36. The van der Waals surface area contributed by atoms with Gasteiger partial charge in [-0.2, -0.15) is 0 Å². The fourth-order valence-corrected chi connectivity index (χ4v) is 3.86. The minimum Gasteiger partial charge on any atom is -0.477 e. The topological polar surface area (TPSA) is 144 Å². The van der Waals surface area contributed by atoms with E-state index in [1.165, 1.54) is 11.8 Å². The summed E-state index contributed by atoms with van der Waals surface area (Å²) >= 11 is 1.29. The van der Waals surface area contributed by atoms with Crippen LogP contribution >= 0.6 is 11.8 Å². The maximum Gasteiger partial charge on any atom is 0.352 e. The number of benzene rings is 1. The van der Waals surface area contributed by atoms with E-state index < -0.39 is 65.5 Å². The highest BCUT2D eigenvalue weighted by molar-refractivity contribution is 8.00. The summed E-state index contributed by atoms with van der Waals surface area (Å²) in [6.07, 6.45) is 0. The molecule has 0 radical (unpaired) electrons. The Kier molecular flexibility index (Phi) is 3.75. The molecule has 1 aromatic carbocycles. The number of rotatable bonds is 4. The first-order chi connectivity index (χ1) is 13.5. The van der Waals surface area contributed by atoms with Crippen molar-refractivity contribution >= 4 is 29.5 Å². The molecule has 2 heterocycles. The van der Waals surface area contributed by atoms with Gasteiger partial charge in [0.25, 0.3) is 5.91 Å². The van der Waals surface area contributed by atoms with Crippen LogP contribution in [0, 0.1) is 0 Å². The maximum atomic E-state index is 12.6. The predicted octanol–water partition coefficient (Wildman–Crippen LogP) is -0.380. The number of thioether (sulfide) groups is 1. The second-order valence-corrected chi connectivity index (χ2v) is 6.45. The molecular weight excluding hydrogens is 346 g/mol. The zero-order chi connectivity index (χ0) is 21.8. The Morgan fingerprint density at radius 2 is 2.08 bits per heavy atom. The molecule has 8 nitrogen and oxygen atoms in total. The summed E-state index contributed by atoms with van der Waals surface area (Å²) in [5.41, 5.74) is 5.89. The normalized spacial score (nSPS) is 25.9. The second-order valence-electron chi connectivity index (χ2n) is 5.35. The van der Waals surface area contributed by atoms with E-state index in [0.717, 1.165) is 4.90 Å². The van der Waals surface area contributed by atoms with Gasteiger partial charge in [0.1, 0.15) is 23.2 Å². The van der Waals surface area contributed by atoms with Crippen LogP contribution in [-0.2, 0) is 14.4 Å². The van der Waals surface area contributed by atoms with E-state index in [1.807, 2.05) is 0 Å². The van der Waals surface area contributed by atoms with Gasteiger partial charge in [0.15, 0.2) is 0 Å². The molecule has 3 atom stereocenters. The van der Waals surface area contributed by atoms with Gasteiger partial charge in [-0.25, -0.2) is 4.79 Å². The van der Waals surface area contributed by atoms with Crippen LogP contribution in [0.5, 0.6) is 0 Å². The molecular formula is C16H19N3O5S. The van der Waals surface area contributed by atoms with Crippen LogP contribution in [0.3, 0.4) is 0 Å². The van der Waals surface area contributed by atoms with Crippen LogP contribution in [0.15, 0.2) is 41.5 Å². The summed E-state index contributed by atoms with van der Waals surface area (Å²) in [6.45, 7) is 1.61. The number of carbonyl (C=O) groups excluding carboxylic acids is 2. The molecule has 0 saturated carbocycles. The van der Waals surface area contributed by atoms with Gasteiger partial charge in [0.05, 0.1) is 6.85 Å². The van der Waals surface area contributed by atoms with Crippen LogP contribution in [0.2, 0.25) is 0 Å². The molecule has 2 amide bonds. The lowest BCUT2D eigenvalue weighted by atomic mass is 10.0. The molecule has 1 fully saturated rings. The van der Waals surface area contributed by atoms with E-state index >= 15 is 0 Å². The number of nitrogens with two attached hydrogens (primary N) is 1. The Balaban J connectivity index is 0.00000320. The SMILES string of the molecule is O.[2H]c1c([2H])c([2H])c([C@@H](N)C(=O)N[C@@H]2C(=O)N3C(C(=O)O)=C(C)CS[C@H]23)c([2H])c1[2H]. The minimum absolute atomic E-state index is 0. The Morgan fingerprint density at radius 3 is 2.68 bits per heavy atom. The third-order valence-corrected chi connectivity index (χ3v) is 5.20. The number of carboxylic acid groups (broad SMARTS) is 1. The van der Waals surface area contributed by atoms with E-state index in [9.17, 15) is 19.5 Å². The van der Waals surface area contributed by atoms with Crippen molar-refractivity contribution in [3.8, 4) is 0 Å². The molecule has 2 aliphatic heterocycles. The third-order valence-electron chi connectivity index (χ3n) is 3.77. The van der Waals surface area contributed by atoms with Crippen LogP contribution in [-0.4, -0.2) is 50.4 Å². The number of aliphatic carboxylic acids is 1. The first kappa shape index (κ1) is 12.9. The van der Waals surface area contributed by atoms with E-state index in [2.05, 4.69) is 5.32 Å². The zero-order valence-electron chi connectivity index (χ0n) is 18.0. The van der Waals surface area contributed by atoms with Crippen LogP contribution < -0.4 is 11.1 Å². The van der Waals surface area contributed by atoms with Crippen molar-refractivity contribution in [1.29, 1.82) is 0 Å². The summed E-state index contributed by atoms with van der Waals surface area (Å²) < 4.78 is 38.7. The molecule has 1 saturated heterocycles. The monoisotopic (exact) mass is 370 g/mol. The zero-order valence-corrected chi connectivity index (χ0v) is 13.9. The highest BCUT2D eigenvalue weighted by Gasteiger charge is 2.53. The average molecular weight is 370 g/mol. The number of amides is 2. The first-order valence-corrected chi connectivity index (χ1v) is 8.04. The van der Waals surface area contributed by atoms with Crippen molar-refractivity contribution in [2.45, 2.75) is 24.4 Å². The molecule has 0 spiro atoms. The van der Waals surface area contributed by atoms with E-state index in [4.69, 9.17) is 12.6 Å². The lowest BCUT2D eigenvalue weighted by Crippen LogP contribution is -2.71. The minimum atomic E-state index is -1.60. The van der Waals surface area contributed by atoms with Crippen molar-refractivity contribution < 1.29 is 31.8 Å². The number of carbonyl (C=O) groups is 3. The fourth-order valence-electron chi connectivity index (χ4n) is 2.56. The summed E-state index contributed by atoms with van der Waals surface area (Å²) in [5, 5.41) is 11.1. The van der Waals surface area contributed by atoms with E-state index in [-0.39, 0.29) is 16.7 Å². The van der Waals surface area contributed by atoms with E-state index in [1.54, 1.807) is 6.92 Å². The van der Waals surface area contributed by atoms with Crippen LogP contribution in [0.4, 0.5) is 0 Å². The number of fused-ring (bicyclic) bond motifs is 1. The number of hydrogen-bond donors (Lipinski definition) is 3. The smallest absolute Gasteiger partial charge is 0.352 e. The molecule has 134 valence electrons. The number of β-lactam (4-membered cyclic amide) rings is 1. The lowest BCUT2D eigenvalue weighted by molar-refractivity contribution is -0.150. The maximum absolute atomic E-state index is 12.6. The van der Waals surface area contributed by atoms with Gasteiger partial charge >= 0.3 is 5.97 Å². The molecule has 0 bridgehead atoms. The fraction of sp³-hybridized carbons (Fsp3) is 0.312. The Labute approximate surface area is 155 Å². The molecule has 0 aliphatic carbocycles. The van der Waals surface area contributed by atoms with Gasteiger partial charge in [-0.1, -0.05) is 30.2 Å². The highest BCUT2D eigenvalue weighted by Crippen LogP contribution is 2.40. The Morgan fingerprint density at radius 1 is 1.44 bits per heavy atom. The molecule has 0 unspecified atom stereocenters. The van der Waals surface area contributed by atoms with Gasteiger partial charge in [0, 0.05) is 5.75 Å². The number of hydrogen-bond acceptors (Lipinski definition) is 5. The molecule has 6 N–H and O–H groups in total. The average Bonchev–Trinajstić information content (AvgIpc) is 2.68. The molecule has 25 heavy (non-hydrogen) atoms. The van der Waals surface area contributed by atoms with Gasteiger partial charge < -0.3 is 21.6 Å². The summed E-state index contributed by atoms with van der Waals surface area (Å²) in [6, 6.07) is -5.67.